The molecule has 1 aromatic heterocycles. The van der Waals surface area contributed by atoms with Crippen molar-refractivity contribution in [3.05, 3.63) is 5.89 Å². The number of hydrogen-bond acceptors (Lipinski definition) is 6. The van der Waals surface area contributed by atoms with E-state index in [-0.39, 0.29) is 17.8 Å². The fourth-order valence-corrected chi connectivity index (χ4v) is 4.33. The molecule has 1 saturated carbocycles. The highest BCUT2D eigenvalue weighted by Crippen LogP contribution is 2.32. The SMILES string of the molecule is CS(=O)(=O)N1CCC(C(=O)Nc2nnc(C3CCCCC3)o2)CC1. The van der Waals surface area contributed by atoms with Crippen LogP contribution in [0.2, 0.25) is 0 Å². The molecule has 0 spiro atoms. The second-order valence-electron chi connectivity index (χ2n) is 6.71. The zero-order valence-electron chi connectivity index (χ0n) is 13.9. The third-order valence-corrected chi connectivity index (χ3v) is 6.22. The minimum atomic E-state index is -3.18. The van der Waals surface area contributed by atoms with Crippen molar-refractivity contribution in [1.29, 1.82) is 0 Å². The van der Waals surface area contributed by atoms with Crippen molar-refractivity contribution in [1.82, 2.24) is 14.5 Å². The first-order chi connectivity index (χ1) is 11.4. The van der Waals surface area contributed by atoms with Crippen LogP contribution in [-0.2, 0) is 14.8 Å². The van der Waals surface area contributed by atoms with Gasteiger partial charge in [-0.3, -0.25) is 10.1 Å². The lowest BCUT2D eigenvalue weighted by Crippen LogP contribution is -2.40. The van der Waals surface area contributed by atoms with Gasteiger partial charge in [-0.1, -0.05) is 24.4 Å². The lowest BCUT2D eigenvalue weighted by molar-refractivity contribution is -0.121. The number of amides is 1. The maximum atomic E-state index is 12.3. The van der Waals surface area contributed by atoms with Crippen LogP contribution in [0.15, 0.2) is 4.42 Å². The van der Waals surface area contributed by atoms with E-state index in [4.69, 9.17) is 4.42 Å². The Kier molecular flexibility index (Phi) is 5.19. The average Bonchev–Trinajstić information content (AvgIpc) is 3.03. The quantitative estimate of drug-likeness (QED) is 0.881. The van der Waals surface area contributed by atoms with Crippen LogP contribution >= 0.6 is 0 Å². The largest absolute Gasteiger partial charge is 0.408 e. The predicted molar refractivity (Wildman–Crippen MR) is 87.9 cm³/mol. The standard InChI is InChI=1S/C15H24N4O4S/c1-24(21,22)19-9-7-11(8-10-19)13(20)16-15-18-17-14(23-15)12-5-3-2-4-6-12/h11-12H,2-10H2,1H3,(H,16,18,20). The molecule has 1 saturated heterocycles. The average molecular weight is 356 g/mol. The van der Waals surface area contributed by atoms with E-state index in [1.54, 1.807) is 0 Å². The van der Waals surface area contributed by atoms with Crippen molar-refractivity contribution in [3.8, 4) is 0 Å². The molecule has 0 unspecified atom stereocenters. The molecule has 1 aromatic rings. The van der Waals surface area contributed by atoms with Crippen LogP contribution in [0, 0.1) is 5.92 Å². The number of aromatic nitrogens is 2. The fourth-order valence-electron chi connectivity index (χ4n) is 3.46. The van der Waals surface area contributed by atoms with E-state index < -0.39 is 10.0 Å². The van der Waals surface area contributed by atoms with E-state index in [1.165, 1.54) is 29.8 Å². The summed E-state index contributed by atoms with van der Waals surface area (Å²) < 4.78 is 30.0. The third-order valence-electron chi connectivity index (χ3n) is 4.92. The molecular weight excluding hydrogens is 332 g/mol. The predicted octanol–water partition coefficient (Wildman–Crippen LogP) is 1.73. The highest BCUT2D eigenvalue weighted by molar-refractivity contribution is 7.88. The molecule has 3 rings (SSSR count). The lowest BCUT2D eigenvalue weighted by atomic mass is 9.89. The van der Waals surface area contributed by atoms with Gasteiger partial charge in [0, 0.05) is 24.9 Å². The topological polar surface area (TPSA) is 105 Å². The van der Waals surface area contributed by atoms with Crippen molar-refractivity contribution >= 4 is 21.9 Å². The number of nitrogens with one attached hydrogen (secondary N) is 1. The number of hydrogen-bond donors (Lipinski definition) is 1. The molecule has 1 N–H and O–H groups in total. The highest BCUT2D eigenvalue weighted by Gasteiger charge is 2.30. The Morgan fingerprint density at radius 2 is 1.79 bits per heavy atom. The van der Waals surface area contributed by atoms with E-state index in [9.17, 15) is 13.2 Å². The van der Waals surface area contributed by atoms with Gasteiger partial charge in [0.15, 0.2) is 0 Å². The highest BCUT2D eigenvalue weighted by atomic mass is 32.2. The van der Waals surface area contributed by atoms with Gasteiger partial charge in [0.05, 0.1) is 6.26 Å². The molecule has 0 bridgehead atoms. The number of piperidine rings is 1. The summed E-state index contributed by atoms with van der Waals surface area (Å²) in [5, 5.41) is 10.7. The van der Waals surface area contributed by atoms with E-state index >= 15 is 0 Å². The summed E-state index contributed by atoms with van der Waals surface area (Å²) in [5.41, 5.74) is 0. The van der Waals surface area contributed by atoms with Crippen LogP contribution in [0.1, 0.15) is 56.8 Å². The minimum absolute atomic E-state index is 0.145. The van der Waals surface area contributed by atoms with Crippen LogP contribution < -0.4 is 5.32 Å². The molecule has 134 valence electrons. The number of carbonyl (C=O) groups is 1. The van der Waals surface area contributed by atoms with Crippen molar-refractivity contribution in [2.24, 2.45) is 5.92 Å². The van der Waals surface area contributed by atoms with Crippen molar-refractivity contribution in [3.63, 3.8) is 0 Å². The van der Waals surface area contributed by atoms with Gasteiger partial charge in [-0.25, -0.2) is 12.7 Å². The second kappa shape index (κ2) is 7.18. The van der Waals surface area contributed by atoms with Gasteiger partial charge in [0.2, 0.25) is 21.8 Å². The lowest BCUT2D eigenvalue weighted by Gasteiger charge is -2.29. The van der Waals surface area contributed by atoms with Crippen LogP contribution in [0.25, 0.3) is 0 Å². The summed E-state index contributed by atoms with van der Waals surface area (Å²) in [6, 6.07) is 0.145. The van der Waals surface area contributed by atoms with Gasteiger partial charge in [0.1, 0.15) is 0 Å². The Bertz CT molecular complexity index is 673. The molecular formula is C15H24N4O4S. The monoisotopic (exact) mass is 356 g/mol. The summed E-state index contributed by atoms with van der Waals surface area (Å²) in [6.45, 7) is 0.738. The molecule has 24 heavy (non-hydrogen) atoms. The fraction of sp³-hybridized carbons (Fsp3) is 0.800. The number of sulfonamides is 1. The van der Waals surface area contributed by atoms with Gasteiger partial charge in [-0.2, -0.15) is 0 Å². The summed E-state index contributed by atoms with van der Waals surface area (Å²) in [7, 11) is -3.18. The van der Waals surface area contributed by atoms with Gasteiger partial charge < -0.3 is 4.42 Å². The van der Waals surface area contributed by atoms with E-state index in [1.807, 2.05) is 0 Å². The van der Waals surface area contributed by atoms with E-state index in [0.717, 1.165) is 12.8 Å². The van der Waals surface area contributed by atoms with Gasteiger partial charge in [-0.15, -0.1) is 5.10 Å². The van der Waals surface area contributed by atoms with E-state index in [2.05, 4.69) is 15.5 Å². The molecule has 0 aromatic carbocycles. The van der Waals surface area contributed by atoms with Crippen LogP contribution in [-0.4, -0.2) is 48.2 Å². The zero-order valence-corrected chi connectivity index (χ0v) is 14.7. The molecule has 2 heterocycles. The first-order valence-corrected chi connectivity index (χ1v) is 10.4. The molecule has 2 fully saturated rings. The normalized spacial score (nSPS) is 21.7. The Morgan fingerprint density at radius 1 is 1.12 bits per heavy atom. The first kappa shape index (κ1) is 17.3. The maximum Gasteiger partial charge on any atom is 0.322 e. The molecule has 0 atom stereocenters. The van der Waals surface area contributed by atoms with Crippen molar-refractivity contribution < 1.29 is 17.6 Å². The molecule has 2 aliphatic rings. The van der Waals surface area contributed by atoms with Crippen molar-refractivity contribution in [2.75, 3.05) is 24.7 Å². The minimum Gasteiger partial charge on any atom is -0.408 e. The Hall–Kier alpha value is -1.48. The summed E-state index contributed by atoms with van der Waals surface area (Å²) in [5.74, 6) is 0.502. The first-order valence-electron chi connectivity index (χ1n) is 8.53. The summed E-state index contributed by atoms with van der Waals surface area (Å²) in [6.07, 6.45) is 7.91. The summed E-state index contributed by atoms with van der Waals surface area (Å²) >= 11 is 0. The van der Waals surface area contributed by atoms with Gasteiger partial charge in [0.25, 0.3) is 0 Å². The molecule has 1 aliphatic heterocycles. The molecule has 1 amide bonds. The third kappa shape index (κ3) is 4.13. The number of anilines is 1. The molecule has 0 radical (unpaired) electrons. The second-order valence-corrected chi connectivity index (χ2v) is 8.69. The molecule has 9 heteroatoms. The number of nitrogens with zero attached hydrogens (tertiary/aromatic N) is 3. The zero-order chi connectivity index (χ0) is 17.2. The summed E-state index contributed by atoms with van der Waals surface area (Å²) in [4.78, 5) is 12.3. The van der Waals surface area contributed by atoms with E-state index in [0.29, 0.717) is 37.7 Å². The van der Waals surface area contributed by atoms with Gasteiger partial charge >= 0.3 is 6.01 Å². The van der Waals surface area contributed by atoms with Crippen LogP contribution in [0.4, 0.5) is 6.01 Å². The van der Waals surface area contributed by atoms with Crippen molar-refractivity contribution in [2.45, 2.75) is 50.9 Å². The van der Waals surface area contributed by atoms with Crippen LogP contribution in [0.3, 0.4) is 0 Å². The smallest absolute Gasteiger partial charge is 0.322 e. The Balaban J connectivity index is 1.53. The Morgan fingerprint density at radius 3 is 2.42 bits per heavy atom. The maximum absolute atomic E-state index is 12.3. The molecule has 1 aliphatic carbocycles. The van der Waals surface area contributed by atoms with Crippen LogP contribution in [0.5, 0.6) is 0 Å². The number of rotatable bonds is 4. The number of carbonyl (C=O) groups excluding carboxylic acids is 1. The molecule has 8 nitrogen and oxygen atoms in total. The van der Waals surface area contributed by atoms with Gasteiger partial charge in [-0.05, 0) is 25.7 Å². The Labute approximate surface area is 142 Å².